The first-order chi connectivity index (χ1) is 19.3. The van der Waals surface area contributed by atoms with Gasteiger partial charge in [-0.2, -0.15) is 13.2 Å². The Kier molecular flexibility index (Phi) is 8.05. The van der Waals surface area contributed by atoms with Crippen molar-refractivity contribution in [2.75, 3.05) is 5.32 Å². The fraction of sp³-hybridized carbons (Fsp3) is 0.393. The molecule has 1 saturated carbocycles. The normalized spacial score (nSPS) is 20.0. The Bertz CT molecular complexity index is 1640. The SMILES string of the molecule is Cc1cc(-c2ccc(S(=O)(=O)[C@@H]3CC[C@@H](Nc4ccc(SC(F)(F)F)cn4)[C@H](O)C3)cc2)cn2c(C(C)C)nnc12. The molecule has 3 atom stereocenters. The van der Waals surface area contributed by atoms with E-state index < -0.39 is 32.7 Å². The molecule has 1 aliphatic rings. The number of fused-ring (bicyclic) bond motifs is 1. The van der Waals surface area contributed by atoms with Crippen molar-refractivity contribution in [2.24, 2.45) is 0 Å². The van der Waals surface area contributed by atoms with Gasteiger partial charge in [0.25, 0.3) is 0 Å². The number of aliphatic hydroxyl groups excluding tert-OH is 1. The average molecular weight is 606 g/mol. The molecule has 0 unspecified atom stereocenters. The molecule has 4 aromatic rings. The summed E-state index contributed by atoms with van der Waals surface area (Å²) in [6.07, 6.45) is 2.82. The standard InChI is InChI=1S/C28H30F3N5O3S2/c1-16(2)26-34-35-27-17(3)12-19(15-36(26)27)18-4-7-21(8-5-18)41(38,39)22-9-10-23(24(37)13-22)33-25-11-6-20(14-32-25)40-28(29,30)31/h4-8,11-12,14-16,22-24,37H,9-10,13H2,1-3H3,(H,32,33)/t22-,23-,24-/m1/s1. The largest absolute Gasteiger partial charge is 0.446 e. The predicted octanol–water partition coefficient (Wildman–Crippen LogP) is 6.00. The van der Waals surface area contributed by atoms with Crippen LogP contribution in [0.2, 0.25) is 0 Å². The molecule has 218 valence electrons. The molecule has 8 nitrogen and oxygen atoms in total. The molecule has 0 amide bonds. The number of benzene rings is 1. The van der Waals surface area contributed by atoms with Crippen LogP contribution < -0.4 is 5.32 Å². The first-order valence-corrected chi connectivity index (χ1v) is 15.5. The number of sulfone groups is 1. The minimum Gasteiger partial charge on any atom is -0.391 e. The van der Waals surface area contributed by atoms with E-state index in [4.69, 9.17) is 0 Å². The maximum Gasteiger partial charge on any atom is 0.446 e. The van der Waals surface area contributed by atoms with Gasteiger partial charge in [0.05, 0.1) is 22.3 Å². The molecule has 1 fully saturated rings. The van der Waals surface area contributed by atoms with Crippen LogP contribution in [-0.4, -0.2) is 56.0 Å². The minimum absolute atomic E-state index is 0.0330. The van der Waals surface area contributed by atoms with Crippen LogP contribution >= 0.6 is 11.8 Å². The number of alkyl halides is 3. The Morgan fingerprint density at radius 3 is 2.41 bits per heavy atom. The van der Waals surface area contributed by atoms with E-state index in [-0.39, 0.29) is 33.9 Å². The molecule has 13 heteroatoms. The van der Waals surface area contributed by atoms with Crippen molar-refractivity contribution < 1.29 is 26.7 Å². The van der Waals surface area contributed by atoms with Crippen LogP contribution in [0.5, 0.6) is 0 Å². The van der Waals surface area contributed by atoms with E-state index in [2.05, 4.69) is 20.5 Å². The van der Waals surface area contributed by atoms with E-state index >= 15 is 0 Å². The highest BCUT2D eigenvalue weighted by atomic mass is 32.2. The maximum absolute atomic E-state index is 13.5. The smallest absolute Gasteiger partial charge is 0.391 e. The molecule has 5 rings (SSSR count). The molecule has 3 aromatic heterocycles. The summed E-state index contributed by atoms with van der Waals surface area (Å²) in [4.78, 5) is 4.15. The van der Waals surface area contributed by atoms with Crippen LogP contribution in [0.25, 0.3) is 16.8 Å². The fourth-order valence-electron chi connectivity index (χ4n) is 5.16. The van der Waals surface area contributed by atoms with Crippen molar-refractivity contribution in [1.82, 2.24) is 19.6 Å². The monoisotopic (exact) mass is 605 g/mol. The number of thioether (sulfide) groups is 1. The van der Waals surface area contributed by atoms with Gasteiger partial charge in [-0.25, -0.2) is 13.4 Å². The highest BCUT2D eigenvalue weighted by Gasteiger charge is 2.37. The number of aromatic nitrogens is 4. The molecule has 3 heterocycles. The van der Waals surface area contributed by atoms with Gasteiger partial charge in [-0.05, 0) is 85.0 Å². The highest BCUT2D eigenvalue weighted by molar-refractivity contribution is 8.00. The molecule has 0 saturated heterocycles. The lowest BCUT2D eigenvalue weighted by molar-refractivity contribution is -0.0328. The van der Waals surface area contributed by atoms with E-state index in [0.717, 1.165) is 34.4 Å². The number of hydrogen-bond donors (Lipinski definition) is 2. The second kappa shape index (κ2) is 11.3. The van der Waals surface area contributed by atoms with Crippen LogP contribution in [-0.2, 0) is 9.84 Å². The summed E-state index contributed by atoms with van der Waals surface area (Å²) in [5.41, 5.74) is -0.878. The number of nitrogens with zero attached hydrogens (tertiary/aromatic N) is 4. The quantitative estimate of drug-likeness (QED) is 0.247. The average Bonchev–Trinajstić information content (AvgIpc) is 3.35. The number of halogens is 3. The van der Waals surface area contributed by atoms with Crippen LogP contribution in [0.15, 0.2) is 64.6 Å². The molecule has 1 aliphatic carbocycles. The van der Waals surface area contributed by atoms with E-state index in [1.165, 1.54) is 12.1 Å². The van der Waals surface area contributed by atoms with Gasteiger partial charge in [0.15, 0.2) is 15.5 Å². The van der Waals surface area contributed by atoms with E-state index in [1.54, 1.807) is 24.3 Å². The molecule has 0 spiro atoms. The molecule has 0 bridgehead atoms. The van der Waals surface area contributed by atoms with E-state index in [9.17, 15) is 26.7 Å². The van der Waals surface area contributed by atoms with Gasteiger partial charge in [0.2, 0.25) is 0 Å². The van der Waals surface area contributed by atoms with Gasteiger partial charge in [0, 0.05) is 23.2 Å². The summed E-state index contributed by atoms with van der Waals surface area (Å²) >= 11 is -0.253. The number of aliphatic hydroxyl groups is 1. The summed E-state index contributed by atoms with van der Waals surface area (Å²) < 4.78 is 66.5. The third-order valence-electron chi connectivity index (χ3n) is 7.26. The molecule has 0 radical (unpaired) electrons. The zero-order chi connectivity index (χ0) is 29.5. The van der Waals surface area contributed by atoms with Gasteiger partial charge >= 0.3 is 5.51 Å². The van der Waals surface area contributed by atoms with Gasteiger partial charge in [0.1, 0.15) is 11.6 Å². The molecular formula is C28H30F3N5O3S2. The van der Waals surface area contributed by atoms with Crippen LogP contribution in [0.1, 0.15) is 50.4 Å². The van der Waals surface area contributed by atoms with E-state index in [1.807, 2.05) is 37.4 Å². The lowest BCUT2D eigenvalue weighted by Crippen LogP contribution is -2.43. The Balaban J connectivity index is 1.26. The topological polar surface area (TPSA) is 109 Å². The molecule has 0 aliphatic heterocycles. The number of pyridine rings is 2. The van der Waals surface area contributed by atoms with Crippen LogP contribution in [0.4, 0.5) is 19.0 Å². The summed E-state index contributed by atoms with van der Waals surface area (Å²) in [6, 6.07) is 11.0. The lowest BCUT2D eigenvalue weighted by Gasteiger charge is -2.33. The number of anilines is 1. The Morgan fingerprint density at radius 1 is 1.07 bits per heavy atom. The second-order valence-corrected chi connectivity index (χ2v) is 13.9. The number of nitrogens with one attached hydrogen (secondary N) is 1. The van der Waals surface area contributed by atoms with Gasteiger partial charge < -0.3 is 10.4 Å². The first-order valence-electron chi connectivity index (χ1n) is 13.2. The zero-order valence-corrected chi connectivity index (χ0v) is 24.3. The van der Waals surface area contributed by atoms with Crippen molar-refractivity contribution in [3.63, 3.8) is 0 Å². The van der Waals surface area contributed by atoms with Gasteiger partial charge in [-0.1, -0.05) is 26.0 Å². The zero-order valence-electron chi connectivity index (χ0n) is 22.6. The van der Waals surface area contributed by atoms with Crippen molar-refractivity contribution in [1.29, 1.82) is 0 Å². The van der Waals surface area contributed by atoms with Crippen molar-refractivity contribution >= 4 is 33.1 Å². The van der Waals surface area contributed by atoms with Gasteiger partial charge in [-0.15, -0.1) is 10.2 Å². The maximum atomic E-state index is 13.5. The third-order valence-corrected chi connectivity index (χ3v) is 10.2. The third kappa shape index (κ3) is 6.36. The molecule has 2 N–H and O–H groups in total. The summed E-state index contributed by atoms with van der Waals surface area (Å²) in [6.45, 7) is 6.06. The fourth-order valence-corrected chi connectivity index (χ4v) is 7.47. The summed E-state index contributed by atoms with van der Waals surface area (Å²) in [7, 11) is -3.70. The van der Waals surface area contributed by atoms with Crippen molar-refractivity contribution in [3.05, 3.63) is 66.2 Å². The summed E-state index contributed by atoms with van der Waals surface area (Å²) in [5, 5.41) is 21.6. The number of rotatable bonds is 7. The Labute approximate surface area is 240 Å². The van der Waals surface area contributed by atoms with Crippen molar-refractivity contribution in [2.45, 2.75) is 78.6 Å². The Hall–Kier alpha value is -3.16. The second-order valence-electron chi connectivity index (χ2n) is 10.6. The van der Waals surface area contributed by atoms with Gasteiger partial charge in [-0.3, -0.25) is 4.40 Å². The van der Waals surface area contributed by atoms with Crippen LogP contribution in [0, 0.1) is 6.92 Å². The predicted molar refractivity (Wildman–Crippen MR) is 152 cm³/mol. The molecular weight excluding hydrogens is 575 g/mol. The molecule has 1 aromatic carbocycles. The Morgan fingerprint density at radius 2 is 1.80 bits per heavy atom. The van der Waals surface area contributed by atoms with Crippen LogP contribution in [0.3, 0.4) is 0 Å². The molecule has 41 heavy (non-hydrogen) atoms. The van der Waals surface area contributed by atoms with Crippen molar-refractivity contribution in [3.8, 4) is 11.1 Å². The minimum atomic E-state index is -4.40. The lowest BCUT2D eigenvalue weighted by atomic mass is 9.92. The number of aryl methyl sites for hydroxylation is 1. The first kappa shape index (κ1) is 29.3. The number of hydrogen-bond acceptors (Lipinski definition) is 8. The highest BCUT2D eigenvalue weighted by Crippen LogP contribution is 2.37. The summed E-state index contributed by atoms with van der Waals surface area (Å²) in [5.74, 6) is 1.35. The van der Waals surface area contributed by atoms with E-state index in [0.29, 0.717) is 18.7 Å².